The zero-order valence-corrected chi connectivity index (χ0v) is 24.2. The second-order valence-electron chi connectivity index (χ2n) is 10.4. The first-order valence-electron chi connectivity index (χ1n) is 13.6. The van der Waals surface area contributed by atoms with Gasteiger partial charge in [-0.1, -0.05) is 43.1 Å². The van der Waals surface area contributed by atoms with Gasteiger partial charge in [-0.3, -0.25) is 19.2 Å². The largest absolute Gasteiger partial charge is 0.432 e. The van der Waals surface area contributed by atoms with Crippen molar-refractivity contribution in [3.05, 3.63) is 100 Å². The summed E-state index contributed by atoms with van der Waals surface area (Å²) < 4.78 is 40.6. The van der Waals surface area contributed by atoms with Gasteiger partial charge < -0.3 is 11.1 Å². The van der Waals surface area contributed by atoms with E-state index in [1.807, 2.05) is 31.2 Å². The summed E-state index contributed by atoms with van der Waals surface area (Å²) in [6.45, 7) is 1.84. The van der Waals surface area contributed by atoms with Crippen LogP contribution in [0.5, 0.6) is 0 Å². The van der Waals surface area contributed by atoms with E-state index >= 15 is 0 Å². The highest BCUT2D eigenvalue weighted by molar-refractivity contribution is 6.31. The van der Waals surface area contributed by atoms with E-state index in [0.717, 1.165) is 11.1 Å². The lowest BCUT2D eigenvalue weighted by Crippen LogP contribution is -2.30. The molecule has 0 radical (unpaired) electrons. The van der Waals surface area contributed by atoms with E-state index < -0.39 is 23.5 Å². The van der Waals surface area contributed by atoms with Gasteiger partial charge in [0.25, 0.3) is 5.56 Å². The van der Waals surface area contributed by atoms with E-state index in [4.69, 9.17) is 23.2 Å². The summed E-state index contributed by atoms with van der Waals surface area (Å²) in [5.41, 5.74) is 6.65. The van der Waals surface area contributed by atoms with Crippen LogP contribution in [-0.2, 0) is 4.79 Å². The number of halogens is 4. The molecule has 0 saturated heterocycles. The molecule has 0 aliphatic carbocycles. The van der Waals surface area contributed by atoms with Crippen molar-refractivity contribution in [3.8, 4) is 22.4 Å². The predicted molar refractivity (Wildman–Crippen MR) is 161 cm³/mol. The number of allylic oxidation sites excluding steroid dienone is 1. The third-order valence-corrected chi connectivity index (χ3v) is 7.66. The molecule has 228 valence electrons. The monoisotopic (exact) mass is 624 g/mol. The number of hydrazine groups is 1. The lowest BCUT2D eigenvalue weighted by atomic mass is 9.93. The van der Waals surface area contributed by atoms with Crippen LogP contribution in [0, 0.1) is 5.92 Å². The fourth-order valence-corrected chi connectivity index (χ4v) is 5.23. The van der Waals surface area contributed by atoms with Gasteiger partial charge in [-0.25, -0.2) is 10.8 Å². The third kappa shape index (κ3) is 6.58. The number of carbonyl (C=O) groups is 1. The summed E-state index contributed by atoms with van der Waals surface area (Å²) in [6, 6.07) is 12.7. The average Bonchev–Trinajstić information content (AvgIpc) is 2.98. The van der Waals surface area contributed by atoms with E-state index in [-0.39, 0.29) is 33.8 Å². The summed E-state index contributed by atoms with van der Waals surface area (Å²) in [4.78, 5) is 31.0. The van der Waals surface area contributed by atoms with Gasteiger partial charge in [-0.15, -0.1) is 0 Å². The summed E-state index contributed by atoms with van der Waals surface area (Å²) in [5.74, 6) is 5.48. The summed E-state index contributed by atoms with van der Waals surface area (Å²) in [7, 11) is 0. The van der Waals surface area contributed by atoms with Crippen LogP contribution >= 0.6 is 11.6 Å². The number of alkyl halides is 3. The van der Waals surface area contributed by atoms with Crippen molar-refractivity contribution in [2.75, 3.05) is 10.3 Å². The SMILES string of the molecule is CC1CCCC(n2cnc(-c3cc(Cl)ccc3N(N)/C=C(\N)C(F)(F)F)cc2=O)c2cccc(c2)-c2cnncc2NC1=O. The molecule has 2 atom stereocenters. The molecule has 2 unspecified atom stereocenters. The van der Waals surface area contributed by atoms with Crippen molar-refractivity contribution in [2.24, 2.45) is 17.5 Å². The molecule has 0 spiro atoms. The zero-order chi connectivity index (χ0) is 31.6. The fraction of sp³-hybridized carbons (Fsp3) is 0.233. The quantitative estimate of drug-likeness (QED) is 0.202. The molecule has 2 aromatic heterocycles. The number of fused-ring (bicyclic) bond motifs is 4. The molecular weight excluding hydrogens is 597 g/mol. The molecule has 5 N–H and O–H groups in total. The number of nitrogens with zero attached hydrogens (tertiary/aromatic N) is 5. The normalized spacial score (nSPS) is 17.6. The van der Waals surface area contributed by atoms with Gasteiger partial charge in [0.15, 0.2) is 0 Å². The molecule has 1 amide bonds. The van der Waals surface area contributed by atoms with Gasteiger partial charge in [0.05, 0.1) is 41.8 Å². The number of amides is 1. The smallest absolute Gasteiger partial charge is 0.393 e. The van der Waals surface area contributed by atoms with Gasteiger partial charge in [0, 0.05) is 34.3 Å². The number of benzene rings is 2. The van der Waals surface area contributed by atoms with E-state index in [1.54, 1.807) is 6.20 Å². The van der Waals surface area contributed by atoms with Crippen molar-refractivity contribution in [2.45, 2.75) is 38.4 Å². The molecule has 1 aliphatic heterocycles. The zero-order valence-electron chi connectivity index (χ0n) is 23.4. The first kappa shape index (κ1) is 30.7. The number of aromatic nitrogens is 4. The lowest BCUT2D eigenvalue weighted by molar-refractivity contribution is -0.119. The molecule has 2 aromatic carbocycles. The van der Waals surface area contributed by atoms with Crippen LogP contribution in [-0.4, -0.2) is 31.8 Å². The number of nitrogens with two attached hydrogens (primary N) is 2. The molecule has 44 heavy (non-hydrogen) atoms. The molecule has 10 nitrogen and oxygen atoms in total. The second kappa shape index (κ2) is 12.5. The second-order valence-corrected chi connectivity index (χ2v) is 10.9. The molecule has 0 saturated carbocycles. The maximum Gasteiger partial charge on any atom is 0.432 e. The Morgan fingerprint density at radius 2 is 1.86 bits per heavy atom. The first-order valence-corrected chi connectivity index (χ1v) is 14.0. The van der Waals surface area contributed by atoms with Gasteiger partial charge in [-0.05, 0) is 48.2 Å². The standard InChI is InChI=1S/C30H28ClF3N8O2/c1-17-4-2-7-25(19-6-3-5-18(10-19)22-13-38-39-14-24(22)40-29(17)44)41-16-37-23(12-28(41)43)21-11-20(31)8-9-26(21)42(36)15-27(35)30(32,33)34/h3,5-6,8-17,25H,2,4,7,35-36H2,1H3,(H,40,44)/b27-15-. The van der Waals surface area contributed by atoms with Gasteiger partial charge in [0.2, 0.25) is 5.91 Å². The molecule has 1 aliphatic rings. The van der Waals surface area contributed by atoms with Crippen LogP contribution in [0.3, 0.4) is 0 Å². The molecule has 0 fully saturated rings. The Morgan fingerprint density at radius 3 is 2.61 bits per heavy atom. The Labute approximate surface area is 255 Å². The number of hydrogen-bond donors (Lipinski definition) is 3. The van der Waals surface area contributed by atoms with E-state index in [9.17, 15) is 22.8 Å². The average molecular weight is 625 g/mol. The van der Waals surface area contributed by atoms with E-state index in [2.05, 4.69) is 20.5 Å². The molecule has 4 aromatic rings. The molecular formula is C30H28ClF3N8O2. The number of hydrogen-bond acceptors (Lipinski definition) is 8. The van der Waals surface area contributed by atoms with Crippen LogP contribution in [0.4, 0.5) is 24.5 Å². The Hall–Kier alpha value is -4.75. The number of carbonyl (C=O) groups excluding carboxylic acids is 1. The Balaban J connectivity index is 1.57. The summed E-state index contributed by atoms with van der Waals surface area (Å²) in [6.07, 6.45) is 1.95. The molecule has 2 bridgehead atoms. The molecule has 14 heteroatoms. The Morgan fingerprint density at radius 1 is 1.09 bits per heavy atom. The van der Waals surface area contributed by atoms with Crippen LogP contribution < -0.4 is 27.5 Å². The molecule has 5 rings (SSSR count). The van der Waals surface area contributed by atoms with Crippen molar-refractivity contribution >= 4 is 28.9 Å². The van der Waals surface area contributed by atoms with Crippen LogP contribution in [0.15, 0.2) is 83.9 Å². The summed E-state index contributed by atoms with van der Waals surface area (Å²) >= 11 is 6.20. The highest BCUT2D eigenvalue weighted by Gasteiger charge is 2.32. The maximum absolute atomic E-state index is 13.7. The maximum atomic E-state index is 13.7. The Bertz CT molecular complexity index is 1790. The third-order valence-electron chi connectivity index (χ3n) is 7.42. The van der Waals surface area contributed by atoms with E-state index in [1.165, 1.54) is 41.4 Å². The predicted octanol–water partition coefficient (Wildman–Crippen LogP) is 5.41. The lowest BCUT2D eigenvalue weighted by Gasteiger charge is -2.24. The van der Waals surface area contributed by atoms with Crippen molar-refractivity contribution < 1.29 is 18.0 Å². The highest BCUT2D eigenvalue weighted by Crippen LogP contribution is 2.34. The fourth-order valence-electron chi connectivity index (χ4n) is 5.06. The van der Waals surface area contributed by atoms with Crippen LogP contribution in [0.25, 0.3) is 22.4 Å². The van der Waals surface area contributed by atoms with Crippen LogP contribution in [0.2, 0.25) is 5.02 Å². The van der Waals surface area contributed by atoms with Gasteiger partial charge in [0.1, 0.15) is 5.70 Å². The summed E-state index contributed by atoms with van der Waals surface area (Å²) in [5, 5.41) is 11.8. The van der Waals surface area contributed by atoms with Gasteiger partial charge in [-0.2, -0.15) is 23.4 Å². The number of anilines is 2. The van der Waals surface area contributed by atoms with Gasteiger partial charge >= 0.3 is 6.18 Å². The molecule has 3 heterocycles. The Kier molecular flexibility index (Phi) is 8.70. The number of rotatable bonds is 4. The topological polar surface area (TPSA) is 145 Å². The number of nitrogens with one attached hydrogen (secondary N) is 1. The van der Waals surface area contributed by atoms with Crippen molar-refractivity contribution in [3.63, 3.8) is 0 Å². The first-order chi connectivity index (χ1) is 20.9. The van der Waals surface area contributed by atoms with Crippen LogP contribution in [0.1, 0.15) is 37.8 Å². The van der Waals surface area contributed by atoms with Crippen molar-refractivity contribution in [1.29, 1.82) is 0 Å². The van der Waals surface area contributed by atoms with Crippen molar-refractivity contribution in [1.82, 2.24) is 19.7 Å². The van der Waals surface area contributed by atoms with E-state index in [0.29, 0.717) is 41.7 Å². The highest BCUT2D eigenvalue weighted by atomic mass is 35.5. The minimum Gasteiger partial charge on any atom is -0.393 e. The minimum atomic E-state index is -4.79. The minimum absolute atomic E-state index is 0.0963.